The van der Waals surface area contributed by atoms with E-state index in [0.717, 1.165) is 19.4 Å². The van der Waals surface area contributed by atoms with Gasteiger partial charge in [-0.25, -0.2) is 0 Å². The second kappa shape index (κ2) is 3.92. The Balaban J connectivity index is 1.61. The van der Waals surface area contributed by atoms with Crippen LogP contribution >= 0.6 is 0 Å². The first-order valence-corrected chi connectivity index (χ1v) is 6.55. The summed E-state index contributed by atoms with van der Waals surface area (Å²) in [4.78, 5) is 11.6. The van der Waals surface area contributed by atoms with E-state index in [4.69, 9.17) is 9.47 Å². The van der Waals surface area contributed by atoms with Crippen molar-refractivity contribution >= 4 is 5.78 Å². The topological polar surface area (TPSA) is 42.1 Å². The highest BCUT2D eigenvalue weighted by molar-refractivity contribution is 5.80. The van der Waals surface area contributed by atoms with Crippen molar-refractivity contribution < 1.29 is 14.3 Å². The maximum atomic E-state index is 11.6. The van der Waals surface area contributed by atoms with Crippen molar-refractivity contribution in [1.82, 2.24) is 0 Å². The molecular weight excluding hydrogens is 216 g/mol. The van der Waals surface area contributed by atoms with E-state index in [2.05, 4.69) is 19.9 Å². The molecule has 0 bridgehead atoms. The minimum absolute atomic E-state index is 0.0122. The molecule has 2 saturated heterocycles. The average molecular weight is 236 g/mol. The minimum atomic E-state index is 0.0122. The van der Waals surface area contributed by atoms with E-state index >= 15 is 0 Å². The van der Waals surface area contributed by atoms with Crippen LogP contribution < -0.4 is 0 Å². The molecule has 2 aliphatic heterocycles. The second-order valence-electron chi connectivity index (χ2n) is 5.86. The number of carbonyl (C=O) groups excluding carboxylic acids is 1. The highest BCUT2D eigenvalue weighted by atomic mass is 16.6. The summed E-state index contributed by atoms with van der Waals surface area (Å²) >= 11 is 0. The minimum Gasteiger partial charge on any atom is -0.369 e. The van der Waals surface area contributed by atoms with Gasteiger partial charge in [0.15, 0.2) is 0 Å². The van der Waals surface area contributed by atoms with E-state index in [1.807, 2.05) is 0 Å². The number of rotatable bonds is 3. The van der Waals surface area contributed by atoms with Crippen LogP contribution in [0.1, 0.15) is 39.5 Å². The quantitative estimate of drug-likeness (QED) is 0.557. The van der Waals surface area contributed by atoms with E-state index in [0.29, 0.717) is 30.6 Å². The molecule has 2 heterocycles. The molecule has 3 heteroatoms. The molecule has 3 fully saturated rings. The van der Waals surface area contributed by atoms with Crippen LogP contribution in [-0.2, 0) is 14.3 Å². The molecular formula is C14H20O3. The van der Waals surface area contributed by atoms with Crippen molar-refractivity contribution in [3.8, 4) is 0 Å². The molecule has 0 aromatic heterocycles. The molecule has 1 aliphatic carbocycles. The number of ether oxygens (including phenoxy) is 2. The lowest BCUT2D eigenvalue weighted by molar-refractivity contribution is -0.123. The van der Waals surface area contributed by atoms with Crippen molar-refractivity contribution in [3.63, 3.8) is 0 Å². The molecule has 0 aromatic carbocycles. The van der Waals surface area contributed by atoms with E-state index in [1.54, 1.807) is 0 Å². The maximum Gasteiger partial charge on any atom is 0.133 e. The van der Waals surface area contributed by atoms with Gasteiger partial charge in [-0.05, 0) is 26.7 Å². The third kappa shape index (κ3) is 2.18. The van der Waals surface area contributed by atoms with Gasteiger partial charge in [-0.1, -0.05) is 11.6 Å². The maximum absolute atomic E-state index is 11.6. The fraction of sp³-hybridized carbons (Fsp3) is 0.786. The first kappa shape index (κ1) is 11.4. The molecule has 3 aliphatic rings. The molecule has 1 spiro atoms. The Kier molecular flexibility index (Phi) is 2.64. The van der Waals surface area contributed by atoms with Crippen molar-refractivity contribution in [2.45, 2.75) is 57.3 Å². The standard InChI is InChI=1S/C14H20O3/c1-9(2)3-4-12-13(17-12)11-7-10(15)5-6-14(11)8-16-14/h3,11-13H,4-8H2,1-2H3/t11?,12-,13-,14+/m1/s1. The summed E-state index contributed by atoms with van der Waals surface area (Å²) in [6.45, 7) is 5.04. The number of allylic oxidation sites excluding steroid dienone is 1. The normalized spacial score (nSPS) is 43.6. The summed E-state index contributed by atoms with van der Waals surface area (Å²) in [5.41, 5.74) is 1.34. The summed E-state index contributed by atoms with van der Waals surface area (Å²) in [5, 5.41) is 0. The largest absolute Gasteiger partial charge is 0.369 e. The molecule has 0 aromatic rings. The van der Waals surface area contributed by atoms with Crippen LogP contribution in [0.25, 0.3) is 0 Å². The summed E-state index contributed by atoms with van der Waals surface area (Å²) < 4.78 is 11.4. The van der Waals surface area contributed by atoms with Crippen molar-refractivity contribution in [2.75, 3.05) is 6.61 Å². The van der Waals surface area contributed by atoms with Gasteiger partial charge < -0.3 is 9.47 Å². The van der Waals surface area contributed by atoms with Crippen molar-refractivity contribution in [2.24, 2.45) is 5.92 Å². The fourth-order valence-electron chi connectivity index (χ4n) is 2.99. The molecule has 17 heavy (non-hydrogen) atoms. The molecule has 94 valence electrons. The number of epoxide rings is 2. The zero-order chi connectivity index (χ0) is 12.0. The van der Waals surface area contributed by atoms with Crippen LogP contribution in [0.2, 0.25) is 0 Å². The predicted molar refractivity (Wildman–Crippen MR) is 63.7 cm³/mol. The zero-order valence-electron chi connectivity index (χ0n) is 10.6. The lowest BCUT2D eigenvalue weighted by Gasteiger charge is -2.26. The number of hydrogen-bond donors (Lipinski definition) is 0. The van der Waals surface area contributed by atoms with Gasteiger partial charge in [-0.2, -0.15) is 0 Å². The van der Waals surface area contributed by atoms with Gasteiger partial charge in [-0.15, -0.1) is 0 Å². The number of carbonyl (C=O) groups is 1. The van der Waals surface area contributed by atoms with Gasteiger partial charge in [0.2, 0.25) is 0 Å². The van der Waals surface area contributed by atoms with Gasteiger partial charge in [0.05, 0.1) is 24.4 Å². The lowest BCUT2D eigenvalue weighted by atomic mass is 9.76. The smallest absolute Gasteiger partial charge is 0.133 e. The first-order chi connectivity index (χ1) is 8.11. The van der Waals surface area contributed by atoms with E-state index in [1.165, 1.54) is 5.57 Å². The van der Waals surface area contributed by atoms with E-state index in [-0.39, 0.29) is 11.7 Å². The van der Waals surface area contributed by atoms with Crippen LogP contribution in [-0.4, -0.2) is 30.2 Å². The van der Waals surface area contributed by atoms with Crippen LogP contribution in [0.4, 0.5) is 0 Å². The highest BCUT2D eigenvalue weighted by Crippen LogP contribution is 2.52. The zero-order valence-corrected chi connectivity index (χ0v) is 10.6. The van der Waals surface area contributed by atoms with Gasteiger partial charge >= 0.3 is 0 Å². The highest BCUT2D eigenvalue weighted by Gasteiger charge is 2.62. The molecule has 0 N–H and O–H groups in total. The Morgan fingerprint density at radius 1 is 1.53 bits per heavy atom. The Labute approximate surface area is 102 Å². The number of ketones is 1. The van der Waals surface area contributed by atoms with Crippen molar-refractivity contribution in [1.29, 1.82) is 0 Å². The summed E-state index contributed by atoms with van der Waals surface area (Å²) in [6.07, 6.45) is 6.05. The van der Waals surface area contributed by atoms with E-state index < -0.39 is 0 Å². The second-order valence-corrected chi connectivity index (χ2v) is 5.86. The number of hydrogen-bond acceptors (Lipinski definition) is 3. The molecule has 0 amide bonds. The molecule has 3 rings (SSSR count). The van der Waals surface area contributed by atoms with Crippen LogP contribution in [0.3, 0.4) is 0 Å². The van der Waals surface area contributed by atoms with Crippen LogP contribution in [0.15, 0.2) is 11.6 Å². The third-order valence-electron chi connectivity index (χ3n) is 4.24. The molecule has 4 atom stereocenters. The predicted octanol–water partition coefficient (Wildman–Crippen LogP) is 2.25. The third-order valence-corrected chi connectivity index (χ3v) is 4.24. The Morgan fingerprint density at radius 2 is 2.29 bits per heavy atom. The Morgan fingerprint density at radius 3 is 2.94 bits per heavy atom. The SMILES string of the molecule is CC(C)=CC[C@H]1O[C@@H]1C1CC(=O)CC[C@]12CO2. The van der Waals surface area contributed by atoms with Crippen LogP contribution in [0, 0.1) is 5.92 Å². The van der Waals surface area contributed by atoms with E-state index in [9.17, 15) is 4.79 Å². The lowest BCUT2D eigenvalue weighted by Crippen LogP contribution is -2.36. The molecule has 1 unspecified atom stereocenters. The summed E-state index contributed by atoms with van der Waals surface area (Å²) in [6, 6.07) is 0. The van der Waals surface area contributed by atoms with Gasteiger partial charge in [0, 0.05) is 18.8 Å². The van der Waals surface area contributed by atoms with Crippen molar-refractivity contribution in [3.05, 3.63) is 11.6 Å². The van der Waals surface area contributed by atoms with Gasteiger partial charge in [0.25, 0.3) is 0 Å². The fourth-order valence-corrected chi connectivity index (χ4v) is 2.99. The molecule has 3 nitrogen and oxygen atoms in total. The average Bonchev–Trinajstić information content (AvgIpc) is 3.17. The molecule has 0 radical (unpaired) electrons. The Hall–Kier alpha value is -0.670. The summed E-state index contributed by atoms with van der Waals surface area (Å²) in [5.74, 6) is 0.701. The first-order valence-electron chi connectivity index (χ1n) is 6.55. The molecule has 1 saturated carbocycles. The van der Waals surface area contributed by atoms with Gasteiger partial charge in [0.1, 0.15) is 5.78 Å². The Bertz CT molecular complexity index is 364. The van der Waals surface area contributed by atoms with Crippen LogP contribution in [0.5, 0.6) is 0 Å². The monoisotopic (exact) mass is 236 g/mol. The van der Waals surface area contributed by atoms with Gasteiger partial charge in [-0.3, -0.25) is 4.79 Å². The number of Topliss-reactive ketones (excluding diaryl/α,β-unsaturated/α-hetero) is 1. The summed E-state index contributed by atoms with van der Waals surface area (Å²) in [7, 11) is 0.